The van der Waals surface area contributed by atoms with Gasteiger partial charge in [-0.3, -0.25) is 4.79 Å². The van der Waals surface area contributed by atoms with Crippen molar-refractivity contribution in [1.29, 1.82) is 0 Å². The van der Waals surface area contributed by atoms with Gasteiger partial charge in [0.1, 0.15) is 5.78 Å². The van der Waals surface area contributed by atoms with E-state index >= 15 is 0 Å². The second-order valence-electron chi connectivity index (χ2n) is 3.70. The van der Waals surface area contributed by atoms with Crippen molar-refractivity contribution in [3.8, 4) is 0 Å². The van der Waals surface area contributed by atoms with Crippen LogP contribution in [0.2, 0.25) is 0 Å². The highest BCUT2D eigenvalue weighted by Crippen LogP contribution is 2.13. The van der Waals surface area contributed by atoms with Gasteiger partial charge in [0.2, 0.25) is 0 Å². The monoisotopic (exact) mass is 170 g/mol. The highest BCUT2D eigenvalue weighted by Gasteiger charge is 2.06. The molecule has 0 saturated heterocycles. The Morgan fingerprint density at radius 2 is 1.92 bits per heavy atom. The molecule has 0 aromatic heterocycles. The molecule has 0 N–H and O–H groups in total. The van der Waals surface area contributed by atoms with Gasteiger partial charge in [-0.2, -0.15) is 0 Å². The number of hydrogen-bond acceptors (Lipinski definition) is 1. The van der Waals surface area contributed by atoms with Gasteiger partial charge in [-0.25, -0.2) is 0 Å². The summed E-state index contributed by atoms with van der Waals surface area (Å²) in [6.07, 6.45) is 6.59. The quantitative estimate of drug-likeness (QED) is 0.534. The normalized spacial score (nSPS) is 12.9. The van der Waals surface area contributed by atoms with Crippen LogP contribution < -0.4 is 0 Å². The van der Waals surface area contributed by atoms with Crippen LogP contribution in [0.1, 0.15) is 59.3 Å². The van der Waals surface area contributed by atoms with E-state index in [9.17, 15) is 4.79 Å². The fourth-order valence-corrected chi connectivity index (χ4v) is 1.38. The molecule has 0 aromatic carbocycles. The molecule has 0 aromatic rings. The lowest BCUT2D eigenvalue weighted by Gasteiger charge is -2.08. The second-order valence-corrected chi connectivity index (χ2v) is 3.70. The molecule has 1 unspecified atom stereocenters. The van der Waals surface area contributed by atoms with Crippen LogP contribution in [0, 0.1) is 5.92 Å². The fourth-order valence-electron chi connectivity index (χ4n) is 1.38. The first-order valence-corrected chi connectivity index (χ1v) is 5.22. The molecule has 0 aliphatic heterocycles. The van der Waals surface area contributed by atoms with E-state index in [4.69, 9.17) is 0 Å². The molecule has 0 heterocycles. The van der Waals surface area contributed by atoms with Crippen LogP contribution >= 0.6 is 0 Å². The van der Waals surface area contributed by atoms with Crippen molar-refractivity contribution in [3.05, 3.63) is 0 Å². The Balaban J connectivity index is 3.32. The van der Waals surface area contributed by atoms with Crippen molar-refractivity contribution in [2.45, 2.75) is 59.3 Å². The Morgan fingerprint density at radius 3 is 2.42 bits per heavy atom. The highest BCUT2D eigenvalue weighted by molar-refractivity contribution is 5.78. The fraction of sp³-hybridized carbons (Fsp3) is 0.909. The smallest absolute Gasteiger partial charge is 0.132 e. The van der Waals surface area contributed by atoms with Crippen LogP contribution in [0.15, 0.2) is 0 Å². The van der Waals surface area contributed by atoms with E-state index in [1.807, 2.05) is 6.92 Å². The number of rotatable bonds is 7. The molecule has 0 rings (SSSR count). The number of hydrogen-bond donors (Lipinski definition) is 0. The summed E-state index contributed by atoms with van der Waals surface area (Å²) in [6, 6.07) is 0. The first-order valence-electron chi connectivity index (χ1n) is 5.22. The maximum atomic E-state index is 11.1. The van der Waals surface area contributed by atoms with Crippen LogP contribution in [0.4, 0.5) is 0 Å². The summed E-state index contributed by atoms with van der Waals surface area (Å²) in [5.41, 5.74) is 0. The first kappa shape index (κ1) is 11.7. The van der Waals surface area contributed by atoms with Gasteiger partial charge in [0.25, 0.3) is 0 Å². The summed E-state index contributed by atoms with van der Waals surface area (Å²) < 4.78 is 0. The third-order valence-electron chi connectivity index (χ3n) is 2.27. The van der Waals surface area contributed by atoms with Crippen molar-refractivity contribution in [2.75, 3.05) is 0 Å². The zero-order valence-electron chi connectivity index (χ0n) is 8.73. The van der Waals surface area contributed by atoms with Gasteiger partial charge in [0.05, 0.1) is 0 Å². The van der Waals surface area contributed by atoms with Crippen molar-refractivity contribution >= 4 is 5.78 Å². The third kappa shape index (κ3) is 6.38. The molecule has 0 aliphatic carbocycles. The Hall–Kier alpha value is -0.330. The van der Waals surface area contributed by atoms with Crippen molar-refractivity contribution < 1.29 is 4.79 Å². The topological polar surface area (TPSA) is 17.1 Å². The molecule has 0 amide bonds. The Bertz CT molecular complexity index is 118. The summed E-state index contributed by atoms with van der Waals surface area (Å²) >= 11 is 0. The molecule has 72 valence electrons. The van der Waals surface area contributed by atoms with E-state index in [-0.39, 0.29) is 0 Å². The van der Waals surface area contributed by atoms with Gasteiger partial charge in [0, 0.05) is 12.8 Å². The maximum absolute atomic E-state index is 11.1. The minimum Gasteiger partial charge on any atom is -0.300 e. The molecule has 0 fully saturated rings. The van der Waals surface area contributed by atoms with Crippen molar-refractivity contribution in [2.24, 2.45) is 5.92 Å². The molecular weight excluding hydrogens is 148 g/mol. The van der Waals surface area contributed by atoms with Gasteiger partial charge < -0.3 is 0 Å². The minimum absolute atomic E-state index is 0.416. The molecule has 0 aliphatic rings. The van der Waals surface area contributed by atoms with Gasteiger partial charge in [-0.05, 0) is 5.92 Å². The number of ketones is 1. The van der Waals surface area contributed by atoms with Crippen LogP contribution in [-0.2, 0) is 4.79 Å². The zero-order chi connectivity index (χ0) is 9.40. The minimum atomic E-state index is 0.416. The lowest BCUT2D eigenvalue weighted by molar-refractivity contribution is -0.119. The van der Waals surface area contributed by atoms with Gasteiger partial charge in [0.15, 0.2) is 0 Å². The highest BCUT2D eigenvalue weighted by atomic mass is 16.1. The SMILES string of the molecule is CCCCCC(C)CC(=O)CC. The number of carbonyl (C=O) groups excluding carboxylic acids is 1. The lowest BCUT2D eigenvalue weighted by atomic mass is 9.97. The van der Waals surface area contributed by atoms with E-state index in [2.05, 4.69) is 13.8 Å². The van der Waals surface area contributed by atoms with Gasteiger partial charge >= 0.3 is 0 Å². The van der Waals surface area contributed by atoms with Crippen molar-refractivity contribution in [1.82, 2.24) is 0 Å². The standard InChI is InChI=1S/C11H22O/c1-4-6-7-8-10(3)9-11(12)5-2/h10H,4-9H2,1-3H3. The third-order valence-corrected chi connectivity index (χ3v) is 2.27. The first-order chi connectivity index (χ1) is 5.70. The van der Waals surface area contributed by atoms with E-state index in [1.165, 1.54) is 25.7 Å². The molecule has 1 heteroatoms. The van der Waals surface area contributed by atoms with E-state index in [0.29, 0.717) is 18.1 Å². The van der Waals surface area contributed by atoms with E-state index in [1.54, 1.807) is 0 Å². The van der Waals surface area contributed by atoms with Gasteiger partial charge in [-0.1, -0.05) is 46.5 Å². The van der Waals surface area contributed by atoms with E-state index in [0.717, 1.165) is 6.42 Å². The molecular formula is C11H22O. The summed E-state index contributed by atoms with van der Waals surface area (Å²) in [6.45, 7) is 6.34. The zero-order valence-corrected chi connectivity index (χ0v) is 8.73. The van der Waals surface area contributed by atoms with Crippen LogP contribution in [0.3, 0.4) is 0 Å². The summed E-state index contributed by atoms with van der Waals surface area (Å²) in [5.74, 6) is 1.02. The van der Waals surface area contributed by atoms with E-state index < -0.39 is 0 Å². The predicted molar refractivity (Wildman–Crippen MR) is 53.2 cm³/mol. The molecule has 12 heavy (non-hydrogen) atoms. The van der Waals surface area contributed by atoms with Crippen molar-refractivity contribution in [3.63, 3.8) is 0 Å². The summed E-state index contributed by atoms with van der Waals surface area (Å²) in [4.78, 5) is 11.1. The molecule has 0 spiro atoms. The molecule has 0 bridgehead atoms. The Labute approximate surface area is 76.6 Å². The molecule has 0 radical (unpaired) electrons. The predicted octanol–water partition coefficient (Wildman–Crippen LogP) is 3.57. The van der Waals surface area contributed by atoms with Crippen LogP contribution in [-0.4, -0.2) is 5.78 Å². The molecule has 0 saturated carbocycles. The van der Waals surface area contributed by atoms with Crippen LogP contribution in [0.25, 0.3) is 0 Å². The maximum Gasteiger partial charge on any atom is 0.132 e. The number of carbonyl (C=O) groups is 1. The molecule has 1 nitrogen and oxygen atoms in total. The van der Waals surface area contributed by atoms with Gasteiger partial charge in [-0.15, -0.1) is 0 Å². The average Bonchev–Trinajstić information content (AvgIpc) is 2.05. The van der Waals surface area contributed by atoms with Crippen LogP contribution in [0.5, 0.6) is 0 Å². The molecule has 1 atom stereocenters. The largest absolute Gasteiger partial charge is 0.300 e. The number of unbranched alkanes of at least 4 members (excludes halogenated alkanes) is 2. The summed E-state index contributed by atoms with van der Waals surface area (Å²) in [5, 5.41) is 0. The lowest BCUT2D eigenvalue weighted by Crippen LogP contribution is -2.03. The number of Topliss-reactive ketones (excluding diaryl/α,β-unsaturated/α-hetero) is 1. The Morgan fingerprint density at radius 1 is 1.25 bits per heavy atom. The average molecular weight is 170 g/mol. The summed E-state index contributed by atoms with van der Waals surface area (Å²) in [7, 11) is 0. The Kier molecular flexibility index (Phi) is 7.12. The second kappa shape index (κ2) is 7.33.